The predicted octanol–water partition coefficient (Wildman–Crippen LogP) is 7.73. The molecule has 58 heavy (non-hydrogen) atoms. The molecule has 10 nitrogen and oxygen atoms in total. The molecule has 1 fully saturated rings. The summed E-state index contributed by atoms with van der Waals surface area (Å²) in [5, 5.41) is 5.15. The van der Waals surface area contributed by atoms with Crippen molar-refractivity contribution >= 4 is 5.96 Å². The van der Waals surface area contributed by atoms with Crippen LogP contribution in [0.15, 0.2) is 157 Å². The molecule has 4 unspecified atom stereocenters. The normalized spacial score (nSPS) is 18.2. The lowest BCUT2D eigenvalue weighted by Crippen LogP contribution is -2.53. The van der Waals surface area contributed by atoms with Gasteiger partial charge in [0.15, 0.2) is 0 Å². The van der Waals surface area contributed by atoms with E-state index < -0.39 is 12.2 Å². The molecule has 1 saturated heterocycles. The Balaban J connectivity index is 1.55. The SMILES string of the molecule is COCCOCOC1C(OCOCCOC)C(Cc2ccccc2)N(Cc2ccccc2)C(=NOCc2ccccc2)N(Cc2ccccc2)C1Cc1ccccc1. The standard InChI is InChI=1S/C48H57N3O7/c1-52-28-30-54-37-56-46-44(32-39-18-8-3-9-19-39)50(34-41-22-12-5-13-23-41)48(49-58-36-43-26-16-7-17-27-43)51(35-42-24-14-6-15-25-42)45(33-40-20-10-4-11-21-40)47(46)57-38-55-31-29-53-2/h3-27,44-47H,28-38H2,1-2H3. The molecule has 4 atom stereocenters. The topological polar surface area (TPSA) is 83.5 Å². The van der Waals surface area contributed by atoms with E-state index in [9.17, 15) is 0 Å². The summed E-state index contributed by atoms with van der Waals surface area (Å²) < 4.78 is 36.7. The zero-order valence-electron chi connectivity index (χ0n) is 33.7. The Kier molecular flexibility index (Phi) is 17.6. The summed E-state index contributed by atoms with van der Waals surface area (Å²) >= 11 is 0. The van der Waals surface area contributed by atoms with Crippen LogP contribution in [0.4, 0.5) is 0 Å². The molecule has 1 aliphatic heterocycles. The lowest BCUT2D eigenvalue weighted by molar-refractivity contribution is -0.192. The third kappa shape index (κ3) is 13.0. The number of nitrogens with zero attached hydrogens (tertiary/aromatic N) is 3. The summed E-state index contributed by atoms with van der Waals surface area (Å²) in [7, 11) is 3.33. The molecule has 0 aromatic heterocycles. The minimum absolute atomic E-state index is 0.0383. The van der Waals surface area contributed by atoms with E-state index in [0.717, 1.165) is 27.8 Å². The lowest BCUT2D eigenvalue weighted by atomic mass is 9.90. The molecular formula is C48H57N3O7. The summed E-state index contributed by atoms with van der Waals surface area (Å²) in [6.07, 6.45) is 0.170. The van der Waals surface area contributed by atoms with Crippen molar-refractivity contribution in [2.24, 2.45) is 5.16 Å². The number of guanidine groups is 1. The number of rotatable bonds is 23. The predicted molar refractivity (Wildman–Crippen MR) is 226 cm³/mol. The van der Waals surface area contributed by atoms with Crippen LogP contribution >= 0.6 is 0 Å². The van der Waals surface area contributed by atoms with E-state index >= 15 is 0 Å². The Hall–Kier alpha value is -5.07. The van der Waals surface area contributed by atoms with E-state index in [4.69, 9.17) is 38.4 Å². The maximum atomic E-state index is 6.99. The van der Waals surface area contributed by atoms with Crippen molar-refractivity contribution in [2.45, 2.75) is 56.8 Å². The minimum Gasteiger partial charge on any atom is -0.388 e. The maximum Gasteiger partial charge on any atom is 0.240 e. The first kappa shape index (κ1) is 42.5. The molecule has 0 bridgehead atoms. The second kappa shape index (κ2) is 24.0. The molecule has 0 aliphatic carbocycles. The van der Waals surface area contributed by atoms with Gasteiger partial charge >= 0.3 is 0 Å². The number of hydrogen-bond donors (Lipinski definition) is 0. The molecule has 306 valence electrons. The summed E-state index contributed by atoms with van der Waals surface area (Å²) in [4.78, 5) is 11.1. The highest BCUT2D eigenvalue weighted by atomic mass is 16.7. The van der Waals surface area contributed by atoms with Gasteiger partial charge in [0.2, 0.25) is 5.96 Å². The minimum atomic E-state index is -0.536. The molecule has 5 aromatic rings. The Morgan fingerprint density at radius 2 is 0.810 bits per heavy atom. The number of methoxy groups -OCH3 is 2. The average Bonchev–Trinajstić information content (AvgIpc) is 3.35. The fourth-order valence-corrected chi connectivity index (χ4v) is 7.27. The van der Waals surface area contributed by atoms with Gasteiger partial charge in [-0.3, -0.25) is 0 Å². The monoisotopic (exact) mass is 787 g/mol. The molecule has 1 heterocycles. The van der Waals surface area contributed by atoms with Crippen LogP contribution in [0.1, 0.15) is 27.8 Å². The summed E-state index contributed by atoms with van der Waals surface area (Å²) in [5.41, 5.74) is 5.56. The maximum absolute atomic E-state index is 6.99. The first-order chi connectivity index (χ1) is 28.7. The number of hydrogen-bond acceptors (Lipinski definition) is 8. The molecule has 0 spiro atoms. The highest BCUT2D eigenvalue weighted by Gasteiger charge is 2.48. The summed E-state index contributed by atoms with van der Waals surface area (Å²) in [6.45, 7) is 3.10. The first-order valence-corrected chi connectivity index (χ1v) is 20.0. The van der Waals surface area contributed by atoms with E-state index in [2.05, 4.69) is 107 Å². The highest BCUT2D eigenvalue weighted by molar-refractivity contribution is 5.81. The van der Waals surface area contributed by atoms with Crippen molar-refractivity contribution in [1.82, 2.24) is 9.80 Å². The Labute approximate surface area is 343 Å². The summed E-state index contributed by atoms with van der Waals surface area (Å²) in [6, 6.07) is 51.5. The highest BCUT2D eigenvalue weighted by Crippen LogP contribution is 2.33. The van der Waals surface area contributed by atoms with Crippen LogP contribution < -0.4 is 0 Å². The fourth-order valence-electron chi connectivity index (χ4n) is 7.27. The number of ether oxygens (including phenoxy) is 6. The van der Waals surface area contributed by atoms with E-state index in [1.165, 1.54) is 0 Å². The molecule has 5 aromatic carbocycles. The Bertz CT molecular complexity index is 1740. The van der Waals surface area contributed by atoms with Crippen molar-refractivity contribution in [2.75, 3.05) is 54.2 Å². The number of benzene rings is 5. The van der Waals surface area contributed by atoms with E-state index in [1.807, 2.05) is 54.6 Å². The molecule has 0 amide bonds. The zero-order chi connectivity index (χ0) is 40.0. The van der Waals surface area contributed by atoms with Crippen LogP contribution in [0, 0.1) is 0 Å². The summed E-state index contributed by atoms with van der Waals surface area (Å²) in [5.74, 6) is 0.686. The largest absolute Gasteiger partial charge is 0.388 e. The fraction of sp³-hybridized carbons (Fsp3) is 0.354. The number of oxime groups is 1. The third-order valence-corrected chi connectivity index (χ3v) is 10.1. The van der Waals surface area contributed by atoms with Gasteiger partial charge in [-0.05, 0) is 45.8 Å². The van der Waals surface area contributed by atoms with Gasteiger partial charge in [0, 0.05) is 27.3 Å². The smallest absolute Gasteiger partial charge is 0.240 e. The van der Waals surface area contributed by atoms with E-state index in [0.29, 0.717) is 64.9 Å². The van der Waals surface area contributed by atoms with Crippen molar-refractivity contribution in [1.29, 1.82) is 0 Å². The van der Waals surface area contributed by atoms with Gasteiger partial charge in [0.25, 0.3) is 0 Å². The van der Waals surface area contributed by atoms with E-state index in [-0.39, 0.29) is 25.7 Å². The molecule has 0 radical (unpaired) electrons. The van der Waals surface area contributed by atoms with Gasteiger partial charge in [-0.1, -0.05) is 152 Å². The molecule has 6 rings (SSSR count). The molecular weight excluding hydrogens is 731 g/mol. The van der Waals surface area contributed by atoms with Gasteiger partial charge in [0.05, 0.1) is 38.5 Å². The van der Waals surface area contributed by atoms with Crippen LogP contribution in [0.2, 0.25) is 0 Å². The quantitative estimate of drug-likeness (QED) is 0.0376. The van der Waals surface area contributed by atoms with Crippen molar-refractivity contribution in [3.63, 3.8) is 0 Å². The van der Waals surface area contributed by atoms with Crippen LogP contribution in [-0.2, 0) is 65.8 Å². The average molecular weight is 788 g/mol. The van der Waals surface area contributed by atoms with Crippen LogP contribution in [0.3, 0.4) is 0 Å². The zero-order valence-corrected chi connectivity index (χ0v) is 33.7. The molecule has 1 aliphatic rings. The van der Waals surface area contributed by atoms with Gasteiger partial charge in [-0.15, -0.1) is 0 Å². The van der Waals surface area contributed by atoms with Gasteiger partial charge in [-0.25, -0.2) is 0 Å². The van der Waals surface area contributed by atoms with Crippen molar-refractivity contribution in [3.05, 3.63) is 179 Å². The van der Waals surface area contributed by atoms with Crippen LogP contribution in [0.25, 0.3) is 0 Å². The second-order valence-electron chi connectivity index (χ2n) is 14.2. The molecule has 0 saturated carbocycles. The van der Waals surface area contributed by atoms with Gasteiger partial charge in [-0.2, -0.15) is 0 Å². The van der Waals surface area contributed by atoms with Crippen LogP contribution in [-0.4, -0.2) is 94.3 Å². The van der Waals surface area contributed by atoms with E-state index in [1.54, 1.807) is 14.2 Å². The second-order valence-corrected chi connectivity index (χ2v) is 14.2. The van der Waals surface area contributed by atoms with Crippen molar-refractivity contribution < 1.29 is 33.3 Å². The molecule has 0 N–H and O–H groups in total. The first-order valence-electron chi connectivity index (χ1n) is 20.0. The van der Waals surface area contributed by atoms with Gasteiger partial charge < -0.3 is 43.1 Å². The lowest BCUT2D eigenvalue weighted by Gasteiger charge is -2.38. The third-order valence-electron chi connectivity index (χ3n) is 10.1. The van der Waals surface area contributed by atoms with Gasteiger partial charge in [0.1, 0.15) is 32.4 Å². The Morgan fingerprint density at radius 3 is 1.19 bits per heavy atom. The Morgan fingerprint density at radius 1 is 0.448 bits per heavy atom. The van der Waals surface area contributed by atoms with Crippen molar-refractivity contribution in [3.8, 4) is 0 Å². The molecule has 10 heteroatoms. The van der Waals surface area contributed by atoms with Crippen LogP contribution in [0.5, 0.6) is 0 Å².